The number of ether oxygens (including phenoxy) is 3. The van der Waals surface area contributed by atoms with Gasteiger partial charge in [-0.15, -0.1) is 0 Å². The Balaban J connectivity index is 1.51. The van der Waals surface area contributed by atoms with Crippen molar-refractivity contribution >= 4 is 5.97 Å². The molecule has 2 aliphatic heterocycles. The van der Waals surface area contributed by atoms with Crippen LogP contribution >= 0.6 is 0 Å². The van der Waals surface area contributed by atoms with E-state index in [1.165, 1.54) is 5.56 Å². The number of rotatable bonds is 7. The van der Waals surface area contributed by atoms with Crippen LogP contribution < -0.4 is 0 Å². The first-order valence-corrected chi connectivity index (χ1v) is 9.85. The highest BCUT2D eigenvalue weighted by Crippen LogP contribution is 2.27. The Morgan fingerprint density at radius 3 is 2.65 bits per heavy atom. The van der Waals surface area contributed by atoms with Crippen molar-refractivity contribution in [3.8, 4) is 0 Å². The normalized spacial score (nSPS) is 25.1. The highest BCUT2D eigenvalue weighted by Gasteiger charge is 2.35. The molecule has 2 fully saturated rings. The minimum absolute atomic E-state index is 0.0308. The van der Waals surface area contributed by atoms with Gasteiger partial charge < -0.3 is 19.1 Å². The summed E-state index contributed by atoms with van der Waals surface area (Å²) in [6.07, 6.45) is 3.61. The monoisotopic (exact) mass is 361 g/mol. The van der Waals surface area contributed by atoms with Gasteiger partial charge in [-0.25, -0.2) is 0 Å². The third-order valence-corrected chi connectivity index (χ3v) is 5.46. The molecular formula is C21H31NO4. The maximum atomic E-state index is 11.9. The van der Waals surface area contributed by atoms with E-state index in [0.29, 0.717) is 26.4 Å². The lowest BCUT2D eigenvalue weighted by atomic mass is 9.90. The van der Waals surface area contributed by atoms with Gasteiger partial charge in [-0.2, -0.15) is 0 Å². The first-order valence-electron chi connectivity index (χ1n) is 9.85. The van der Waals surface area contributed by atoms with Crippen LogP contribution in [0.25, 0.3) is 0 Å². The zero-order valence-electron chi connectivity index (χ0n) is 15.8. The van der Waals surface area contributed by atoms with Crippen LogP contribution in [0.3, 0.4) is 0 Å². The number of esters is 1. The van der Waals surface area contributed by atoms with Gasteiger partial charge in [0.1, 0.15) is 0 Å². The molecule has 0 spiro atoms. The minimum atomic E-state index is -0.238. The second-order valence-corrected chi connectivity index (χ2v) is 7.36. The number of hydrogen-bond acceptors (Lipinski definition) is 5. The van der Waals surface area contributed by atoms with Crippen molar-refractivity contribution in [3.63, 3.8) is 0 Å². The van der Waals surface area contributed by atoms with Gasteiger partial charge in [-0.3, -0.25) is 4.79 Å². The van der Waals surface area contributed by atoms with Crippen molar-refractivity contribution in [3.05, 3.63) is 35.9 Å². The Labute approximate surface area is 156 Å². The fourth-order valence-corrected chi connectivity index (χ4v) is 3.93. The Morgan fingerprint density at radius 2 is 2.00 bits per heavy atom. The van der Waals surface area contributed by atoms with E-state index in [9.17, 15) is 4.79 Å². The molecule has 1 aromatic rings. The molecule has 0 bridgehead atoms. The standard InChI is InChI=1S/C21H31NO4/c1-2-25-20(23)19-8-11-22(12-9-19)13-10-21(17-24-14-15-26-21)16-18-6-4-3-5-7-18/h3-7,19H,2,8-17H2,1H3. The largest absolute Gasteiger partial charge is 0.466 e. The van der Waals surface area contributed by atoms with Crippen LogP contribution in [0.2, 0.25) is 0 Å². The summed E-state index contributed by atoms with van der Waals surface area (Å²) in [7, 11) is 0. The molecule has 0 saturated carbocycles. The Bertz CT molecular complexity index is 548. The average molecular weight is 361 g/mol. The molecular weight excluding hydrogens is 330 g/mol. The van der Waals surface area contributed by atoms with E-state index in [0.717, 1.165) is 45.3 Å². The maximum Gasteiger partial charge on any atom is 0.309 e. The zero-order valence-corrected chi connectivity index (χ0v) is 15.8. The SMILES string of the molecule is CCOC(=O)C1CCN(CCC2(Cc3ccccc3)COCCO2)CC1. The van der Waals surface area contributed by atoms with E-state index in [4.69, 9.17) is 14.2 Å². The third-order valence-electron chi connectivity index (χ3n) is 5.46. The van der Waals surface area contributed by atoms with Crippen LogP contribution in [0.5, 0.6) is 0 Å². The van der Waals surface area contributed by atoms with Crippen molar-refractivity contribution in [2.45, 2.75) is 38.2 Å². The predicted molar refractivity (Wildman–Crippen MR) is 100 cm³/mol. The molecule has 0 amide bonds. The lowest BCUT2D eigenvalue weighted by Crippen LogP contribution is -2.48. The van der Waals surface area contributed by atoms with Crippen molar-refractivity contribution in [2.75, 3.05) is 46.1 Å². The van der Waals surface area contributed by atoms with E-state index in [2.05, 4.69) is 29.2 Å². The van der Waals surface area contributed by atoms with Crippen LogP contribution in [0, 0.1) is 5.92 Å². The molecule has 0 radical (unpaired) electrons. The van der Waals surface area contributed by atoms with Crippen LogP contribution in [-0.4, -0.2) is 62.5 Å². The van der Waals surface area contributed by atoms with Gasteiger partial charge in [0.05, 0.1) is 37.9 Å². The lowest BCUT2D eigenvalue weighted by molar-refractivity contribution is -0.162. The van der Waals surface area contributed by atoms with E-state index in [1.54, 1.807) is 0 Å². The maximum absolute atomic E-state index is 11.9. The zero-order chi connectivity index (χ0) is 18.2. The van der Waals surface area contributed by atoms with Crippen LogP contribution in [-0.2, 0) is 25.4 Å². The number of likely N-dealkylation sites (tertiary alicyclic amines) is 1. The molecule has 0 aromatic heterocycles. The van der Waals surface area contributed by atoms with Gasteiger partial charge in [0.15, 0.2) is 0 Å². The predicted octanol–water partition coefficient (Wildman–Crippen LogP) is 2.68. The van der Waals surface area contributed by atoms with Crippen LogP contribution in [0.15, 0.2) is 30.3 Å². The summed E-state index contributed by atoms with van der Waals surface area (Å²) in [4.78, 5) is 14.3. The number of hydrogen-bond donors (Lipinski definition) is 0. The van der Waals surface area contributed by atoms with Gasteiger partial charge >= 0.3 is 5.97 Å². The van der Waals surface area contributed by atoms with Crippen molar-refractivity contribution in [1.29, 1.82) is 0 Å². The molecule has 5 heteroatoms. The molecule has 5 nitrogen and oxygen atoms in total. The molecule has 2 aliphatic rings. The molecule has 26 heavy (non-hydrogen) atoms. The summed E-state index contributed by atoms with van der Waals surface area (Å²) in [5, 5.41) is 0. The smallest absolute Gasteiger partial charge is 0.309 e. The first kappa shape index (κ1) is 19.3. The molecule has 1 aromatic carbocycles. The van der Waals surface area contributed by atoms with Gasteiger partial charge in [0.2, 0.25) is 0 Å². The molecule has 144 valence electrons. The number of benzene rings is 1. The first-order chi connectivity index (χ1) is 12.7. The fraction of sp³-hybridized carbons (Fsp3) is 0.667. The summed E-state index contributed by atoms with van der Waals surface area (Å²) in [6, 6.07) is 10.5. The highest BCUT2D eigenvalue weighted by molar-refractivity contribution is 5.72. The fourth-order valence-electron chi connectivity index (χ4n) is 3.93. The van der Waals surface area contributed by atoms with E-state index in [-0.39, 0.29) is 17.5 Å². The topological polar surface area (TPSA) is 48.0 Å². The van der Waals surface area contributed by atoms with Crippen LogP contribution in [0.4, 0.5) is 0 Å². The van der Waals surface area contributed by atoms with Gasteiger partial charge in [-0.1, -0.05) is 30.3 Å². The van der Waals surface area contributed by atoms with Gasteiger partial charge in [0.25, 0.3) is 0 Å². The van der Waals surface area contributed by atoms with Crippen molar-refractivity contribution < 1.29 is 19.0 Å². The number of piperidine rings is 1. The second-order valence-electron chi connectivity index (χ2n) is 7.36. The Hall–Kier alpha value is -1.43. The molecule has 0 aliphatic carbocycles. The number of nitrogens with zero attached hydrogens (tertiary/aromatic N) is 1. The van der Waals surface area contributed by atoms with Crippen molar-refractivity contribution in [2.24, 2.45) is 5.92 Å². The van der Waals surface area contributed by atoms with E-state index < -0.39 is 0 Å². The molecule has 0 N–H and O–H groups in total. The molecule has 1 unspecified atom stereocenters. The van der Waals surface area contributed by atoms with Crippen molar-refractivity contribution in [1.82, 2.24) is 4.90 Å². The molecule has 3 rings (SSSR count). The lowest BCUT2D eigenvalue weighted by Gasteiger charge is -2.40. The summed E-state index contributed by atoms with van der Waals surface area (Å²) >= 11 is 0. The number of carbonyl (C=O) groups excluding carboxylic acids is 1. The Morgan fingerprint density at radius 1 is 1.23 bits per heavy atom. The van der Waals surface area contributed by atoms with Gasteiger partial charge in [0, 0.05) is 13.0 Å². The minimum Gasteiger partial charge on any atom is -0.466 e. The highest BCUT2D eigenvalue weighted by atomic mass is 16.6. The third kappa shape index (κ3) is 5.29. The van der Waals surface area contributed by atoms with E-state index in [1.807, 2.05) is 13.0 Å². The van der Waals surface area contributed by atoms with E-state index >= 15 is 0 Å². The Kier molecular flexibility index (Phi) is 7.06. The summed E-state index contributed by atoms with van der Waals surface area (Å²) in [5.74, 6) is 0.0375. The quantitative estimate of drug-likeness (QED) is 0.699. The summed E-state index contributed by atoms with van der Waals surface area (Å²) in [5.41, 5.74) is 1.05. The molecule has 2 heterocycles. The number of carbonyl (C=O) groups is 1. The summed E-state index contributed by atoms with van der Waals surface area (Å²) < 4.78 is 17.2. The van der Waals surface area contributed by atoms with Gasteiger partial charge in [-0.05, 0) is 44.8 Å². The molecule has 1 atom stereocenters. The second kappa shape index (κ2) is 9.49. The van der Waals surface area contributed by atoms with Crippen LogP contribution in [0.1, 0.15) is 31.7 Å². The average Bonchev–Trinajstić information content (AvgIpc) is 2.69. The summed E-state index contributed by atoms with van der Waals surface area (Å²) in [6.45, 7) is 7.22. The molecule has 2 saturated heterocycles.